The van der Waals surface area contributed by atoms with E-state index in [0.29, 0.717) is 5.82 Å². The third-order valence-electron chi connectivity index (χ3n) is 3.48. The van der Waals surface area contributed by atoms with Crippen molar-refractivity contribution in [1.82, 2.24) is 9.97 Å². The molecule has 116 valence electrons. The van der Waals surface area contributed by atoms with E-state index in [2.05, 4.69) is 15.0 Å². The maximum absolute atomic E-state index is 12.8. The molecule has 0 aliphatic heterocycles. The van der Waals surface area contributed by atoms with Gasteiger partial charge in [-0.3, -0.25) is 9.78 Å². The van der Waals surface area contributed by atoms with E-state index < -0.39 is 0 Å². The summed E-state index contributed by atoms with van der Waals surface area (Å²) in [6.07, 6.45) is 8.56. The summed E-state index contributed by atoms with van der Waals surface area (Å²) in [5.74, 6) is 0.652. The van der Waals surface area contributed by atoms with E-state index in [1.54, 1.807) is 18.6 Å². The zero-order chi connectivity index (χ0) is 16.5. The molecule has 4 nitrogen and oxygen atoms in total. The van der Waals surface area contributed by atoms with Crippen molar-refractivity contribution in [2.75, 3.05) is 0 Å². The number of nitrogens with zero attached hydrogens (tertiary/aromatic N) is 3. The fourth-order valence-corrected chi connectivity index (χ4v) is 2.27. The van der Waals surface area contributed by atoms with Crippen molar-refractivity contribution in [3.05, 3.63) is 41.9 Å². The molecule has 0 fully saturated rings. The highest BCUT2D eigenvalue weighted by Gasteiger charge is 2.34. The molecule has 0 saturated carbocycles. The molecule has 0 atom stereocenters. The second-order valence-electron chi connectivity index (χ2n) is 7.55. The molecule has 0 N–H and O–H groups in total. The highest BCUT2D eigenvalue weighted by atomic mass is 16.1. The first-order valence-electron chi connectivity index (χ1n) is 7.43. The van der Waals surface area contributed by atoms with Crippen molar-refractivity contribution in [2.45, 2.75) is 41.5 Å². The Kier molecular flexibility index (Phi) is 4.14. The van der Waals surface area contributed by atoms with E-state index in [1.165, 1.54) is 0 Å². The van der Waals surface area contributed by atoms with E-state index >= 15 is 0 Å². The summed E-state index contributed by atoms with van der Waals surface area (Å²) in [5, 5.41) is 0. The summed E-state index contributed by atoms with van der Waals surface area (Å²) in [4.78, 5) is 25.5. The first-order valence-corrected chi connectivity index (χ1v) is 7.43. The van der Waals surface area contributed by atoms with E-state index in [4.69, 9.17) is 0 Å². The van der Waals surface area contributed by atoms with Crippen molar-refractivity contribution in [2.24, 2.45) is 15.8 Å². The normalized spacial score (nSPS) is 16.3. The Balaban J connectivity index is 2.56. The van der Waals surface area contributed by atoms with Gasteiger partial charge < -0.3 is 0 Å². The van der Waals surface area contributed by atoms with Gasteiger partial charge in [-0.1, -0.05) is 41.5 Å². The van der Waals surface area contributed by atoms with Crippen LogP contribution in [0.2, 0.25) is 0 Å². The van der Waals surface area contributed by atoms with Crippen LogP contribution in [0.15, 0.2) is 46.9 Å². The minimum Gasteiger partial charge on any atom is -0.289 e. The number of carbonyl (C=O) groups excluding carboxylic acids is 1. The van der Waals surface area contributed by atoms with Gasteiger partial charge in [0.05, 0.1) is 11.9 Å². The van der Waals surface area contributed by atoms with Crippen LogP contribution in [0.4, 0.5) is 5.82 Å². The average molecular weight is 297 g/mol. The molecule has 1 heterocycles. The number of hydrogen-bond acceptors (Lipinski definition) is 4. The SMILES string of the molecule is CC(C)(C)C1=CC(=Nc2cnccn2)C=C(C(C)(C)C)C1=O. The maximum atomic E-state index is 12.8. The Hall–Kier alpha value is -2.10. The maximum Gasteiger partial charge on any atom is 0.186 e. The van der Waals surface area contributed by atoms with Crippen LogP contribution in [0.3, 0.4) is 0 Å². The van der Waals surface area contributed by atoms with Gasteiger partial charge in [-0.2, -0.15) is 0 Å². The largest absolute Gasteiger partial charge is 0.289 e. The second-order valence-corrected chi connectivity index (χ2v) is 7.55. The van der Waals surface area contributed by atoms with Gasteiger partial charge in [0.15, 0.2) is 11.6 Å². The van der Waals surface area contributed by atoms with Crippen molar-refractivity contribution in [3.63, 3.8) is 0 Å². The summed E-state index contributed by atoms with van der Waals surface area (Å²) < 4.78 is 0. The lowest BCUT2D eigenvalue weighted by molar-refractivity contribution is -0.114. The molecular weight excluding hydrogens is 274 g/mol. The number of Topliss-reactive ketones (excluding diaryl/α,β-unsaturated/α-hetero) is 1. The van der Waals surface area contributed by atoms with Crippen LogP contribution in [0, 0.1) is 10.8 Å². The molecular formula is C18H23N3O. The Labute approximate surface area is 132 Å². The highest BCUT2D eigenvalue weighted by Crippen LogP contribution is 2.37. The smallest absolute Gasteiger partial charge is 0.186 e. The van der Waals surface area contributed by atoms with Gasteiger partial charge in [0, 0.05) is 23.5 Å². The quantitative estimate of drug-likeness (QED) is 0.734. The Morgan fingerprint density at radius 1 is 0.909 bits per heavy atom. The molecule has 2 rings (SSSR count). The van der Waals surface area contributed by atoms with Crippen molar-refractivity contribution >= 4 is 17.3 Å². The predicted molar refractivity (Wildman–Crippen MR) is 89.2 cm³/mol. The number of aliphatic imine (C=N–C) groups is 1. The Bertz CT molecular complexity index is 633. The Morgan fingerprint density at radius 3 is 1.86 bits per heavy atom. The molecule has 0 radical (unpaired) electrons. The first-order chi connectivity index (χ1) is 10.1. The van der Waals surface area contributed by atoms with Gasteiger partial charge in [0.25, 0.3) is 0 Å². The number of carbonyl (C=O) groups is 1. The topological polar surface area (TPSA) is 55.2 Å². The van der Waals surface area contributed by atoms with Gasteiger partial charge >= 0.3 is 0 Å². The minimum absolute atomic E-state index is 0.109. The summed E-state index contributed by atoms with van der Waals surface area (Å²) in [5.41, 5.74) is 1.84. The van der Waals surface area contributed by atoms with Gasteiger partial charge in [-0.05, 0) is 23.0 Å². The van der Waals surface area contributed by atoms with Gasteiger partial charge in [0.1, 0.15) is 0 Å². The van der Waals surface area contributed by atoms with Gasteiger partial charge in [0.2, 0.25) is 0 Å². The standard InChI is InChI=1S/C18H23N3O/c1-17(2,3)13-9-12(21-15-11-19-7-8-20-15)10-14(16(13)22)18(4,5)6/h7-11H,1-6H3. The zero-order valence-corrected chi connectivity index (χ0v) is 14.1. The molecule has 1 aliphatic rings. The molecule has 0 unspecified atom stereocenters. The summed E-state index contributed by atoms with van der Waals surface area (Å²) in [6.45, 7) is 12.3. The van der Waals surface area contributed by atoms with E-state index in [0.717, 1.165) is 16.9 Å². The van der Waals surface area contributed by atoms with Crippen LogP contribution in [0.5, 0.6) is 0 Å². The van der Waals surface area contributed by atoms with Crippen LogP contribution in [0.1, 0.15) is 41.5 Å². The molecule has 1 aromatic rings. The van der Waals surface area contributed by atoms with Gasteiger partial charge in [-0.25, -0.2) is 9.98 Å². The van der Waals surface area contributed by atoms with Crippen molar-refractivity contribution in [3.8, 4) is 0 Å². The zero-order valence-electron chi connectivity index (χ0n) is 14.1. The third kappa shape index (κ3) is 3.56. The fraction of sp³-hybridized carbons (Fsp3) is 0.444. The average Bonchev–Trinajstić information content (AvgIpc) is 2.39. The van der Waals surface area contributed by atoms with Crippen LogP contribution in [-0.4, -0.2) is 21.5 Å². The molecule has 0 bridgehead atoms. The van der Waals surface area contributed by atoms with E-state index in [9.17, 15) is 4.79 Å². The van der Waals surface area contributed by atoms with Gasteiger partial charge in [-0.15, -0.1) is 0 Å². The summed E-state index contributed by atoms with van der Waals surface area (Å²) >= 11 is 0. The predicted octanol–water partition coefficient (Wildman–Crippen LogP) is 4.08. The molecule has 1 aliphatic carbocycles. The molecule has 0 amide bonds. The second kappa shape index (κ2) is 5.59. The number of allylic oxidation sites excluding steroid dienone is 4. The van der Waals surface area contributed by atoms with Crippen LogP contribution < -0.4 is 0 Å². The summed E-state index contributed by atoms with van der Waals surface area (Å²) in [7, 11) is 0. The lowest BCUT2D eigenvalue weighted by Gasteiger charge is -2.30. The number of hydrogen-bond donors (Lipinski definition) is 0. The lowest BCUT2D eigenvalue weighted by atomic mass is 9.72. The van der Waals surface area contributed by atoms with Crippen molar-refractivity contribution in [1.29, 1.82) is 0 Å². The van der Waals surface area contributed by atoms with Crippen LogP contribution in [-0.2, 0) is 4.79 Å². The Morgan fingerprint density at radius 2 is 1.45 bits per heavy atom. The molecule has 0 aromatic carbocycles. The van der Waals surface area contributed by atoms with Crippen molar-refractivity contribution < 1.29 is 4.79 Å². The first kappa shape index (κ1) is 16.3. The third-order valence-corrected chi connectivity index (χ3v) is 3.48. The summed E-state index contributed by atoms with van der Waals surface area (Å²) in [6, 6.07) is 0. The van der Waals surface area contributed by atoms with Crippen LogP contribution >= 0.6 is 0 Å². The molecule has 22 heavy (non-hydrogen) atoms. The molecule has 4 heteroatoms. The molecule has 0 spiro atoms. The molecule has 0 saturated heterocycles. The molecule has 1 aromatic heterocycles. The van der Waals surface area contributed by atoms with E-state index in [-0.39, 0.29) is 16.6 Å². The highest BCUT2D eigenvalue weighted by molar-refractivity contribution is 6.23. The van der Waals surface area contributed by atoms with E-state index in [1.807, 2.05) is 53.7 Å². The minimum atomic E-state index is -0.231. The number of aromatic nitrogens is 2. The van der Waals surface area contributed by atoms with Crippen LogP contribution in [0.25, 0.3) is 0 Å². The lowest BCUT2D eigenvalue weighted by Crippen LogP contribution is -2.29. The number of ketones is 1. The fourth-order valence-electron chi connectivity index (χ4n) is 2.27. The monoisotopic (exact) mass is 297 g/mol. The number of rotatable bonds is 1.